The first-order valence-electron chi connectivity index (χ1n) is 8.18. The van der Waals surface area contributed by atoms with E-state index in [0.29, 0.717) is 25.6 Å². The second kappa shape index (κ2) is 10.6. The van der Waals surface area contributed by atoms with Crippen LogP contribution >= 0.6 is 12.4 Å². The zero-order valence-corrected chi connectivity index (χ0v) is 14.5. The number of rotatable bonds is 7. The molecule has 24 heavy (non-hydrogen) atoms. The summed E-state index contributed by atoms with van der Waals surface area (Å²) in [6.45, 7) is 2.67. The molecule has 1 fully saturated rings. The molecule has 7 heteroatoms. The number of nitrogens with two attached hydrogens (primary N) is 1. The van der Waals surface area contributed by atoms with Gasteiger partial charge in [0.05, 0.1) is 0 Å². The van der Waals surface area contributed by atoms with Crippen LogP contribution in [0.2, 0.25) is 0 Å². The predicted octanol–water partition coefficient (Wildman–Crippen LogP) is 2.87. The molecule has 0 spiro atoms. The van der Waals surface area contributed by atoms with Crippen molar-refractivity contribution in [3.05, 3.63) is 35.4 Å². The number of carbonyl (C=O) groups excluding carboxylic acids is 1. The molecule has 1 aromatic carbocycles. The molecule has 0 saturated carbocycles. The van der Waals surface area contributed by atoms with Crippen LogP contribution in [0.15, 0.2) is 24.3 Å². The highest BCUT2D eigenvalue weighted by atomic mass is 35.5. The molecule has 4 nitrogen and oxygen atoms in total. The van der Waals surface area contributed by atoms with E-state index in [-0.39, 0.29) is 23.9 Å². The first-order valence-corrected chi connectivity index (χ1v) is 8.18. The summed E-state index contributed by atoms with van der Waals surface area (Å²) in [6, 6.07) is 6.80. The summed E-state index contributed by atoms with van der Waals surface area (Å²) in [4.78, 5) is 13.9. The first kappa shape index (κ1) is 20.8. The molecule has 1 heterocycles. The van der Waals surface area contributed by atoms with Gasteiger partial charge < -0.3 is 11.1 Å². The lowest BCUT2D eigenvalue weighted by atomic mass is 10.0. The van der Waals surface area contributed by atoms with Crippen molar-refractivity contribution in [3.8, 4) is 0 Å². The number of alkyl halides is 2. The highest BCUT2D eigenvalue weighted by molar-refractivity contribution is 5.85. The van der Waals surface area contributed by atoms with E-state index in [1.807, 2.05) is 0 Å². The third-order valence-corrected chi connectivity index (χ3v) is 4.27. The van der Waals surface area contributed by atoms with E-state index in [9.17, 15) is 13.6 Å². The summed E-state index contributed by atoms with van der Waals surface area (Å²) >= 11 is 0. The number of hydrogen-bond acceptors (Lipinski definition) is 3. The maximum absolute atomic E-state index is 12.6. The molecule has 1 amide bonds. The molecule has 3 N–H and O–H groups in total. The fourth-order valence-electron chi connectivity index (χ4n) is 2.95. The molecular formula is C17H26ClF2N3O. The Labute approximate surface area is 148 Å². The lowest BCUT2D eigenvalue weighted by molar-refractivity contribution is -0.121. The standard InChI is InChI=1S/C17H25F2N3O.ClH/c18-17(19)14-6-4-13(5-7-14)12-22-10-2-1-3-15(22)11-21-16(23)8-9-20;/h4-7,15,17H,1-3,8-12,20H2,(H,21,23);1H. The van der Waals surface area contributed by atoms with Crippen LogP contribution in [0, 0.1) is 0 Å². The number of piperidine rings is 1. The molecule has 136 valence electrons. The van der Waals surface area contributed by atoms with Crippen LogP contribution in [0.25, 0.3) is 0 Å². The van der Waals surface area contributed by atoms with Crippen LogP contribution in [0.3, 0.4) is 0 Å². The van der Waals surface area contributed by atoms with Gasteiger partial charge in [-0.2, -0.15) is 0 Å². The largest absolute Gasteiger partial charge is 0.354 e. The number of benzene rings is 1. The SMILES string of the molecule is Cl.NCCC(=O)NCC1CCCCN1Cc1ccc(C(F)F)cc1. The highest BCUT2D eigenvalue weighted by Crippen LogP contribution is 2.22. The summed E-state index contributed by atoms with van der Waals surface area (Å²) in [5.41, 5.74) is 6.45. The van der Waals surface area contributed by atoms with Gasteiger partial charge in [0.1, 0.15) is 0 Å². The van der Waals surface area contributed by atoms with Gasteiger partial charge in [0.2, 0.25) is 5.91 Å². The highest BCUT2D eigenvalue weighted by Gasteiger charge is 2.22. The number of carbonyl (C=O) groups is 1. The Balaban J connectivity index is 0.00000288. The van der Waals surface area contributed by atoms with E-state index >= 15 is 0 Å². The zero-order valence-electron chi connectivity index (χ0n) is 13.7. The van der Waals surface area contributed by atoms with Crippen LogP contribution in [-0.2, 0) is 11.3 Å². The fraction of sp³-hybridized carbons (Fsp3) is 0.588. The molecule has 0 bridgehead atoms. The second-order valence-electron chi connectivity index (χ2n) is 6.01. The van der Waals surface area contributed by atoms with Gasteiger partial charge in [-0.15, -0.1) is 12.4 Å². The summed E-state index contributed by atoms with van der Waals surface area (Å²) in [5.74, 6) is -0.0145. The van der Waals surface area contributed by atoms with Crippen molar-refractivity contribution >= 4 is 18.3 Å². The number of halogens is 3. The Bertz CT molecular complexity index is 499. The Morgan fingerprint density at radius 3 is 2.62 bits per heavy atom. The third-order valence-electron chi connectivity index (χ3n) is 4.27. The molecule has 0 radical (unpaired) electrons. The Morgan fingerprint density at radius 1 is 1.29 bits per heavy atom. The number of hydrogen-bond donors (Lipinski definition) is 2. The average Bonchev–Trinajstić information content (AvgIpc) is 2.55. The van der Waals surface area contributed by atoms with Crippen molar-refractivity contribution in [1.29, 1.82) is 0 Å². The molecule has 0 aliphatic carbocycles. The fourth-order valence-corrected chi connectivity index (χ4v) is 2.95. The minimum Gasteiger partial charge on any atom is -0.354 e. The lowest BCUT2D eigenvalue weighted by Crippen LogP contribution is -2.46. The molecule has 1 aromatic rings. The minimum atomic E-state index is -2.43. The second-order valence-corrected chi connectivity index (χ2v) is 6.01. The van der Waals surface area contributed by atoms with Gasteiger partial charge in [-0.25, -0.2) is 8.78 Å². The predicted molar refractivity (Wildman–Crippen MR) is 93.4 cm³/mol. The number of amides is 1. The van der Waals surface area contributed by atoms with Crippen LogP contribution in [0.5, 0.6) is 0 Å². The summed E-state index contributed by atoms with van der Waals surface area (Å²) < 4.78 is 25.2. The zero-order chi connectivity index (χ0) is 16.7. The van der Waals surface area contributed by atoms with Gasteiger partial charge >= 0.3 is 0 Å². The maximum atomic E-state index is 12.6. The van der Waals surface area contributed by atoms with E-state index in [0.717, 1.165) is 37.9 Å². The molecule has 1 saturated heterocycles. The van der Waals surface area contributed by atoms with Gasteiger partial charge in [-0.1, -0.05) is 30.7 Å². The topological polar surface area (TPSA) is 58.4 Å². The number of nitrogens with one attached hydrogen (secondary N) is 1. The minimum absolute atomic E-state index is 0. The lowest BCUT2D eigenvalue weighted by Gasteiger charge is -2.36. The molecule has 2 rings (SSSR count). The van der Waals surface area contributed by atoms with E-state index in [1.54, 1.807) is 12.1 Å². The summed E-state index contributed by atoms with van der Waals surface area (Å²) in [7, 11) is 0. The van der Waals surface area contributed by atoms with Gasteiger partial charge in [-0.3, -0.25) is 9.69 Å². The normalized spacial score (nSPS) is 18.2. The smallest absolute Gasteiger partial charge is 0.263 e. The van der Waals surface area contributed by atoms with Crippen LogP contribution in [0.4, 0.5) is 8.78 Å². The molecule has 1 unspecified atom stereocenters. The van der Waals surface area contributed by atoms with Crippen LogP contribution < -0.4 is 11.1 Å². The van der Waals surface area contributed by atoms with Crippen LogP contribution in [-0.4, -0.2) is 36.5 Å². The summed E-state index contributed by atoms with van der Waals surface area (Å²) in [5, 5.41) is 2.93. The molecule has 0 aromatic heterocycles. The molecule has 1 atom stereocenters. The first-order chi connectivity index (χ1) is 11.1. The van der Waals surface area contributed by atoms with Crippen molar-refractivity contribution in [3.63, 3.8) is 0 Å². The number of likely N-dealkylation sites (tertiary alicyclic amines) is 1. The van der Waals surface area contributed by atoms with Crippen LogP contribution in [0.1, 0.15) is 43.2 Å². The van der Waals surface area contributed by atoms with Crippen molar-refractivity contribution in [2.24, 2.45) is 5.73 Å². The van der Waals surface area contributed by atoms with E-state index in [2.05, 4.69) is 10.2 Å². The van der Waals surface area contributed by atoms with Gasteiger partial charge in [0.25, 0.3) is 6.43 Å². The molecule has 1 aliphatic rings. The number of nitrogens with zero attached hydrogens (tertiary/aromatic N) is 1. The van der Waals surface area contributed by atoms with Gasteiger partial charge in [0, 0.05) is 37.7 Å². The monoisotopic (exact) mass is 361 g/mol. The van der Waals surface area contributed by atoms with E-state index in [1.165, 1.54) is 12.1 Å². The summed E-state index contributed by atoms with van der Waals surface area (Å²) in [6.07, 6.45) is 1.24. The van der Waals surface area contributed by atoms with Crippen molar-refractivity contribution in [2.45, 2.75) is 44.7 Å². The Morgan fingerprint density at radius 2 is 2.00 bits per heavy atom. The van der Waals surface area contributed by atoms with Gasteiger partial charge in [-0.05, 0) is 24.9 Å². The molecule has 1 aliphatic heterocycles. The van der Waals surface area contributed by atoms with Crippen molar-refractivity contribution in [1.82, 2.24) is 10.2 Å². The molecular weight excluding hydrogens is 336 g/mol. The average molecular weight is 362 g/mol. The Kier molecular flexibility index (Phi) is 9.18. The third kappa shape index (κ3) is 6.34. The van der Waals surface area contributed by atoms with E-state index in [4.69, 9.17) is 5.73 Å². The van der Waals surface area contributed by atoms with Crippen molar-refractivity contribution < 1.29 is 13.6 Å². The van der Waals surface area contributed by atoms with Gasteiger partial charge in [0.15, 0.2) is 0 Å². The van der Waals surface area contributed by atoms with E-state index < -0.39 is 6.43 Å². The van der Waals surface area contributed by atoms with Crippen molar-refractivity contribution in [2.75, 3.05) is 19.6 Å². The Hall–Kier alpha value is -1.24. The maximum Gasteiger partial charge on any atom is 0.263 e. The quantitative estimate of drug-likeness (QED) is 0.785.